The van der Waals surface area contributed by atoms with Crippen molar-refractivity contribution in [1.82, 2.24) is 4.98 Å². The molecule has 0 spiro atoms. The smallest absolute Gasteiger partial charge is 0.0662 e. The van der Waals surface area contributed by atoms with Crippen LogP contribution < -0.4 is 5.73 Å². The molecule has 1 aliphatic carbocycles. The van der Waals surface area contributed by atoms with Crippen molar-refractivity contribution in [3.8, 4) is 0 Å². The molecule has 1 aromatic heterocycles. The van der Waals surface area contributed by atoms with Gasteiger partial charge < -0.3 is 10.7 Å². The van der Waals surface area contributed by atoms with Crippen LogP contribution in [-0.4, -0.2) is 4.98 Å². The van der Waals surface area contributed by atoms with Crippen molar-refractivity contribution in [2.24, 2.45) is 5.73 Å². The van der Waals surface area contributed by atoms with E-state index >= 15 is 0 Å². The molecule has 2 nitrogen and oxygen atoms in total. The summed E-state index contributed by atoms with van der Waals surface area (Å²) in [6.07, 6.45) is 4.44. The lowest BCUT2D eigenvalue weighted by Gasteiger charge is -2.09. The predicted molar refractivity (Wildman–Crippen MR) is 72.8 cm³/mol. The molecule has 2 aromatic rings. The van der Waals surface area contributed by atoms with Crippen molar-refractivity contribution in [1.29, 1.82) is 0 Å². The maximum atomic E-state index is 6.25. The number of hydrogen-bond donors (Lipinski definition) is 2. The number of hydrogen-bond acceptors (Lipinski definition) is 1. The first-order valence-electron chi connectivity index (χ1n) is 5.92. The molecule has 0 saturated heterocycles. The van der Waals surface area contributed by atoms with Crippen LogP contribution in [0.25, 0.3) is 10.9 Å². The fourth-order valence-electron chi connectivity index (χ4n) is 2.72. The van der Waals surface area contributed by atoms with Crippen LogP contribution in [0.4, 0.5) is 0 Å². The van der Waals surface area contributed by atoms with Crippen molar-refractivity contribution in [2.75, 3.05) is 0 Å². The van der Waals surface area contributed by atoms with E-state index in [-0.39, 0.29) is 6.04 Å². The second-order valence-electron chi connectivity index (χ2n) is 4.68. The summed E-state index contributed by atoms with van der Waals surface area (Å²) in [7, 11) is 0. The maximum Gasteiger partial charge on any atom is 0.0662 e. The monoisotopic (exact) mass is 268 g/mol. The summed E-state index contributed by atoms with van der Waals surface area (Å²) in [5, 5.41) is 2.43. The van der Waals surface area contributed by atoms with Crippen molar-refractivity contribution < 1.29 is 0 Å². The number of aromatic nitrogens is 1. The van der Waals surface area contributed by atoms with Crippen LogP contribution in [-0.2, 0) is 6.42 Å². The largest absolute Gasteiger partial charge is 0.357 e. The van der Waals surface area contributed by atoms with Gasteiger partial charge in [0.2, 0.25) is 0 Å². The van der Waals surface area contributed by atoms with E-state index < -0.39 is 0 Å². The summed E-state index contributed by atoms with van der Waals surface area (Å²) in [5.41, 5.74) is 9.66. The van der Waals surface area contributed by atoms with Crippen LogP contribution in [0.2, 0.25) is 10.0 Å². The average molecular weight is 269 g/mol. The molecule has 4 heteroatoms. The van der Waals surface area contributed by atoms with Gasteiger partial charge in [0.25, 0.3) is 0 Å². The lowest BCUT2D eigenvalue weighted by Crippen LogP contribution is -2.09. The standard InChI is InChI=1S/C13H14Cl2N2/c14-7-5-8-12-10(16)3-1-2-4-11(12)17-13(8)9(15)6-7/h5-6,10,17H,1-4,16H2. The minimum absolute atomic E-state index is 0.0933. The minimum Gasteiger partial charge on any atom is -0.357 e. The topological polar surface area (TPSA) is 41.8 Å². The molecule has 0 radical (unpaired) electrons. The zero-order chi connectivity index (χ0) is 12.0. The van der Waals surface area contributed by atoms with Crippen molar-refractivity contribution in [3.05, 3.63) is 33.4 Å². The zero-order valence-corrected chi connectivity index (χ0v) is 10.9. The Balaban J connectivity index is 2.32. The highest BCUT2D eigenvalue weighted by atomic mass is 35.5. The number of rotatable bonds is 0. The van der Waals surface area contributed by atoms with Gasteiger partial charge in [0, 0.05) is 22.1 Å². The lowest BCUT2D eigenvalue weighted by atomic mass is 10.0. The van der Waals surface area contributed by atoms with Gasteiger partial charge in [-0.05, 0) is 37.0 Å². The molecule has 0 saturated carbocycles. The Labute approximate surface area is 110 Å². The summed E-state index contributed by atoms with van der Waals surface area (Å²) < 4.78 is 0. The fraction of sp³-hybridized carbons (Fsp3) is 0.385. The Morgan fingerprint density at radius 2 is 2.06 bits per heavy atom. The maximum absolute atomic E-state index is 6.25. The zero-order valence-electron chi connectivity index (χ0n) is 9.39. The van der Waals surface area contributed by atoms with Crippen LogP contribution in [0.3, 0.4) is 0 Å². The molecule has 3 N–H and O–H groups in total. The van der Waals surface area contributed by atoms with Crippen molar-refractivity contribution >= 4 is 34.1 Å². The van der Waals surface area contributed by atoms with Crippen LogP contribution in [0.1, 0.15) is 36.6 Å². The van der Waals surface area contributed by atoms with Gasteiger partial charge >= 0.3 is 0 Å². The molecule has 90 valence electrons. The summed E-state index contributed by atoms with van der Waals surface area (Å²) in [6.45, 7) is 0. The number of H-pyrrole nitrogens is 1. The molecule has 0 aliphatic heterocycles. The highest BCUT2D eigenvalue weighted by Gasteiger charge is 2.21. The summed E-state index contributed by atoms with van der Waals surface area (Å²) in [6, 6.07) is 3.83. The van der Waals surface area contributed by atoms with Crippen LogP contribution in [0.5, 0.6) is 0 Å². The number of aromatic amines is 1. The number of fused-ring (bicyclic) bond motifs is 3. The molecule has 0 bridgehead atoms. The molecule has 0 fully saturated rings. The molecular weight excluding hydrogens is 255 g/mol. The van der Waals surface area contributed by atoms with E-state index in [9.17, 15) is 0 Å². The van der Waals surface area contributed by atoms with Gasteiger partial charge in [0.05, 0.1) is 10.5 Å². The van der Waals surface area contributed by atoms with E-state index in [1.165, 1.54) is 24.1 Å². The van der Waals surface area contributed by atoms with Gasteiger partial charge in [-0.15, -0.1) is 0 Å². The molecule has 1 heterocycles. The SMILES string of the molecule is NC1CCCCc2[nH]c3c(Cl)cc(Cl)cc3c21. The number of aryl methyl sites for hydroxylation is 1. The lowest BCUT2D eigenvalue weighted by molar-refractivity contribution is 0.617. The second kappa shape index (κ2) is 4.20. The van der Waals surface area contributed by atoms with Gasteiger partial charge in [-0.25, -0.2) is 0 Å². The van der Waals surface area contributed by atoms with Gasteiger partial charge in [0.1, 0.15) is 0 Å². The first kappa shape index (κ1) is 11.4. The average Bonchev–Trinajstić information content (AvgIpc) is 2.53. The Kier molecular flexibility index (Phi) is 2.81. The predicted octanol–water partition coefficient (Wildman–Crippen LogP) is 4.20. The number of nitrogens with one attached hydrogen (secondary N) is 1. The van der Waals surface area contributed by atoms with E-state index in [4.69, 9.17) is 28.9 Å². The van der Waals surface area contributed by atoms with E-state index in [0.717, 1.165) is 23.7 Å². The van der Waals surface area contributed by atoms with E-state index in [2.05, 4.69) is 4.98 Å². The van der Waals surface area contributed by atoms with Gasteiger partial charge in [-0.2, -0.15) is 0 Å². The van der Waals surface area contributed by atoms with Gasteiger partial charge in [0.15, 0.2) is 0 Å². The van der Waals surface area contributed by atoms with Gasteiger partial charge in [-0.1, -0.05) is 29.6 Å². The summed E-state index contributed by atoms with van der Waals surface area (Å²) >= 11 is 12.3. The third-order valence-corrected chi connectivity index (χ3v) is 4.03. The second-order valence-corrected chi connectivity index (χ2v) is 5.52. The number of benzene rings is 1. The Morgan fingerprint density at radius 1 is 1.24 bits per heavy atom. The van der Waals surface area contributed by atoms with Crippen LogP contribution in [0.15, 0.2) is 12.1 Å². The third kappa shape index (κ3) is 1.85. The Bertz CT molecular complexity index is 574. The van der Waals surface area contributed by atoms with Crippen LogP contribution >= 0.6 is 23.2 Å². The molecule has 1 aliphatic rings. The Morgan fingerprint density at radius 3 is 2.88 bits per heavy atom. The highest BCUT2D eigenvalue weighted by Crippen LogP contribution is 2.37. The highest BCUT2D eigenvalue weighted by molar-refractivity contribution is 6.38. The summed E-state index contributed by atoms with van der Waals surface area (Å²) in [5.74, 6) is 0. The van der Waals surface area contributed by atoms with Crippen molar-refractivity contribution in [3.63, 3.8) is 0 Å². The third-order valence-electron chi connectivity index (χ3n) is 3.51. The van der Waals surface area contributed by atoms with E-state index in [1.54, 1.807) is 6.07 Å². The minimum atomic E-state index is 0.0933. The van der Waals surface area contributed by atoms with E-state index in [1.807, 2.05) is 6.07 Å². The fourth-order valence-corrected chi connectivity index (χ4v) is 3.27. The number of halogens is 2. The van der Waals surface area contributed by atoms with E-state index in [0.29, 0.717) is 10.0 Å². The first-order chi connectivity index (χ1) is 8.16. The summed E-state index contributed by atoms with van der Waals surface area (Å²) in [4.78, 5) is 3.41. The Hall–Kier alpha value is -0.700. The molecular formula is C13H14Cl2N2. The quantitative estimate of drug-likeness (QED) is 0.691. The molecule has 0 amide bonds. The van der Waals surface area contributed by atoms with Crippen LogP contribution in [0, 0.1) is 0 Å². The molecule has 17 heavy (non-hydrogen) atoms. The molecule has 1 atom stereocenters. The normalized spacial score (nSPS) is 20.3. The molecule has 1 unspecified atom stereocenters. The molecule has 3 rings (SSSR count). The molecule has 1 aromatic carbocycles. The first-order valence-corrected chi connectivity index (χ1v) is 6.67. The number of nitrogens with two attached hydrogens (primary N) is 1. The van der Waals surface area contributed by atoms with Gasteiger partial charge in [-0.3, -0.25) is 0 Å². The van der Waals surface area contributed by atoms with Crippen molar-refractivity contribution in [2.45, 2.75) is 31.7 Å².